The fourth-order valence-electron chi connectivity index (χ4n) is 6.97. The first kappa shape index (κ1) is 27.9. The standard InChI is InChI=1S/C32H34ClN5O5/c33-24-5-7-25(8-6-24)34-31(41)35-26-17-22(30(40)36-12-10-32(11-13-36)42-14-15-43-32)4-9-28(26)37-18-21-16-23(20-37)27-2-1-3-29(39)38(27)19-21/h1-9,17,21,23H,10-16,18-20H2,(H2,34,35,41)/t21-,23+/m1/s1. The number of pyridine rings is 1. The number of rotatable bonds is 4. The van der Waals surface area contributed by atoms with Gasteiger partial charge in [0.15, 0.2) is 5.79 Å². The van der Waals surface area contributed by atoms with E-state index in [2.05, 4.69) is 15.5 Å². The van der Waals surface area contributed by atoms with Crippen LogP contribution in [0.3, 0.4) is 0 Å². The molecule has 0 saturated carbocycles. The zero-order valence-electron chi connectivity index (χ0n) is 23.8. The van der Waals surface area contributed by atoms with Crippen LogP contribution in [0.15, 0.2) is 65.5 Å². The largest absolute Gasteiger partial charge is 0.369 e. The number of urea groups is 1. The summed E-state index contributed by atoms with van der Waals surface area (Å²) in [5.41, 5.74) is 3.59. The van der Waals surface area contributed by atoms with Crippen LogP contribution in [0, 0.1) is 5.92 Å². The maximum Gasteiger partial charge on any atom is 0.323 e. The van der Waals surface area contributed by atoms with Gasteiger partial charge < -0.3 is 34.5 Å². The van der Waals surface area contributed by atoms with Crippen LogP contribution < -0.4 is 21.1 Å². The summed E-state index contributed by atoms with van der Waals surface area (Å²) in [4.78, 5) is 43.5. The van der Waals surface area contributed by atoms with E-state index in [0.29, 0.717) is 80.1 Å². The second kappa shape index (κ2) is 11.3. The summed E-state index contributed by atoms with van der Waals surface area (Å²) in [6.07, 6.45) is 2.28. The van der Waals surface area contributed by atoms with Crippen molar-refractivity contribution < 1.29 is 19.1 Å². The van der Waals surface area contributed by atoms with E-state index in [1.807, 2.05) is 33.7 Å². The predicted molar refractivity (Wildman–Crippen MR) is 164 cm³/mol. The van der Waals surface area contributed by atoms with E-state index in [-0.39, 0.29) is 17.4 Å². The Hall–Kier alpha value is -3.86. The highest BCUT2D eigenvalue weighted by Crippen LogP contribution is 2.40. The molecule has 2 bridgehead atoms. The van der Waals surface area contributed by atoms with E-state index in [4.69, 9.17) is 21.1 Å². The van der Waals surface area contributed by atoms with Crippen molar-refractivity contribution in [3.05, 3.63) is 87.3 Å². The van der Waals surface area contributed by atoms with Gasteiger partial charge in [0.2, 0.25) is 0 Å². The van der Waals surface area contributed by atoms with Crippen molar-refractivity contribution in [1.29, 1.82) is 0 Å². The molecule has 4 aliphatic heterocycles. The summed E-state index contributed by atoms with van der Waals surface area (Å²) >= 11 is 6.01. The highest BCUT2D eigenvalue weighted by Gasteiger charge is 2.41. The van der Waals surface area contributed by atoms with Gasteiger partial charge in [-0.3, -0.25) is 9.59 Å². The van der Waals surface area contributed by atoms with E-state index in [1.165, 1.54) is 0 Å². The number of benzene rings is 2. The molecule has 5 heterocycles. The summed E-state index contributed by atoms with van der Waals surface area (Å²) in [6.45, 7) is 4.36. The van der Waals surface area contributed by atoms with Crippen molar-refractivity contribution in [2.45, 2.75) is 37.5 Å². The molecule has 2 aromatic carbocycles. The van der Waals surface area contributed by atoms with E-state index >= 15 is 0 Å². The fraction of sp³-hybridized carbons (Fsp3) is 0.406. The minimum Gasteiger partial charge on any atom is -0.369 e. The molecule has 3 aromatic rings. The number of halogens is 1. The van der Waals surface area contributed by atoms with Gasteiger partial charge >= 0.3 is 6.03 Å². The molecule has 10 nitrogen and oxygen atoms in total. The molecule has 0 aliphatic carbocycles. The number of carbonyl (C=O) groups is 2. The van der Waals surface area contributed by atoms with Crippen LogP contribution in [-0.2, 0) is 16.0 Å². The third kappa shape index (κ3) is 5.62. The van der Waals surface area contributed by atoms with Crippen molar-refractivity contribution in [3.63, 3.8) is 0 Å². The van der Waals surface area contributed by atoms with Gasteiger partial charge in [-0.1, -0.05) is 17.7 Å². The molecule has 1 aromatic heterocycles. The second-order valence-corrected chi connectivity index (χ2v) is 12.3. The van der Waals surface area contributed by atoms with E-state index in [1.54, 1.807) is 36.4 Å². The number of aromatic nitrogens is 1. The number of anilines is 3. The smallest absolute Gasteiger partial charge is 0.323 e. The maximum absolute atomic E-state index is 13.6. The summed E-state index contributed by atoms with van der Waals surface area (Å²) in [5, 5.41) is 6.45. The van der Waals surface area contributed by atoms with Crippen molar-refractivity contribution in [2.75, 3.05) is 54.9 Å². The van der Waals surface area contributed by atoms with Crippen LogP contribution in [0.5, 0.6) is 0 Å². The van der Waals surface area contributed by atoms with Crippen molar-refractivity contribution >= 4 is 40.6 Å². The number of fused-ring (bicyclic) bond motifs is 4. The first-order valence-corrected chi connectivity index (χ1v) is 15.2. The van der Waals surface area contributed by atoms with E-state index < -0.39 is 11.8 Å². The van der Waals surface area contributed by atoms with Gasteiger partial charge in [0.1, 0.15) is 0 Å². The highest BCUT2D eigenvalue weighted by atomic mass is 35.5. The van der Waals surface area contributed by atoms with Crippen LogP contribution in [0.4, 0.5) is 21.9 Å². The van der Waals surface area contributed by atoms with Crippen LogP contribution in [0.25, 0.3) is 0 Å². The molecule has 4 aliphatic rings. The molecule has 3 fully saturated rings. The number of likely N-dealkylation sites (tertiary alicyclic amines) is 1. The molecule has 43 heavy (non-hydrogen) atoms. The van der Waals surface area contributed by atoms with Crippen molar-refractivity contribution in [2.24, 2.45) is 5.92 Å². The molecular formula is C32H34ClN5O5. The average molecular weight is 604 g/mol. The Morgan fingerprint density at radius 3 is 2.44 bits per heavy atom. The van der Waals surface area contributed by atoms with Gasteiger partial charge in [-0.25, -0.2) is 4.79 Å². The average Bonchev–Trinajstić information content (AvgIpc) is 3.46. The summed E-state index contributed by atoms with van der Waals surface area (Å²) in [5.74, 6) is -0.170. The monoisotopic (exact) mass is 603 g/mol. The Morgan fingerprint density at radius 2 is 1.67 bits per heavy atom. The molecule has 7 rings (SSSR count). The third-order valence-electron chi connectivity index (χ3n) is 9.04. The Kier molecular flexibility index (Phi) is 7.36. The molecular weight excluding hydrogens is 570 g/mol. The number of amides is 3. The summed E-state index contributed by atoms with van der Waals surface area (Å²) in [6, 6.07) is 17.5. The quantitative estimate of drug-likeness (QED) is 0.446. The Labute approximate surface area is 254 Å². The zero-order chi connectivity index (χ0) is 29.6. The fourth-order valence-corrected chi connectivity index (χ4v) is 7.10. The number of hydrogen-bond acceptors (Lipinski definition) is 6. The highest BCUT2D eigenvalue weighted by molar-refractivity contribution is 6.30. The molecule has 224 valence electrons. The topological polar surface area (TPSA) is 105 Å². The van der Waals surface area contributed by atoms with Crippen LogP contribution in [0.1, 0.15) is 41.2 Å². The number of hydrogen-bond donors (Lipinski definition) is 2. The molecule has 2 atom stereocenters. The van der Waals surface area contributed by atoms with Gasteiger partial charge in [0.05, 0.1) is 24.6 Å². The first-order chi connectivity index (χ1) is 20.9. The molecule has 2 N–H and O–H groups in total. The Morgan fingerprint density at radius 1 is 0.907 bits per heavy atom. The minimum absolute atomic E-state index is 0.0411. The van der Waals surface area contributed by atoms with Gasteiger partial charge in [0, 0.05) is 79.5 Å². The van der Waals surface area contributed by atoms with Crippen molar-refractivity contribution in [3.8, 4) is 0 Å². The maximum atomic E-state index is 13.6. The van der Waals surface area contributed by atoms with Gasteiger partial charge in [0.25, 0.3) is 11.5 Å². The zero-order valence-corrected chi connectivity index (χ0v) is 24.5. The Balaban J connectivity index is 1.15. The molecule has 3 amide bonds. The number of nitrogens with one attached hydrogen (secondary N) is 2. The number of carbonyl (C=O) groups excluding carboxylic acids is 2. The van der Waals surface area contributed by atoms with Gasteiger partial charge in [-0.2, -0.15) is 0 Å². The van der Waals surface area contributed by atoms with Crippen LogP contribution in [0.2, 0.25) is 5.02 Å². The third-order valence-corrected chi connectivity index (χ3v) is 9.29. The lowest BCUT2D eigenvalue weighted by molar-refractivity contribution is -0.181. The summed E-state index contributed by atoms with van der Waals surface area (Å²) < 4.78 is 13.6. The lowest BCUT2D eigenvalue weighted by atomic mass is 9.83. The molecule has 11 heteroatoms. The second-order valence-electron chi connectivity index (χ2n) is 11.8. The van der Waals surface area contributed by atoms with Crippen LogP contribution >= 0.6 is 11.6 Å². The summed E-state index contributed by atoms with van der Waals surface area (Å²) in [7, 11) is 0. The number of piperidine rings is 2. The predicted octanol–water partition coefficient (Wildman–Crippen LogP) is 4.75. The SMILES string of the molecule is O=C(Nc1ccc(Cl)cc1)Nc1cc(C(=O)N2CCC3(CC2)OCCO3)ccc1N1C[C@H]2C[C@@H](C1)c1cccc(=O)n1C2. The van der Waals surface area contributed by atoms with Crippen molar-refractivity contribution in [1.82, 2.24) is 9.47 Å². The molecule has 1 spiro atoms. The minimum atomic E-state index is -0.566. The molecule has 0 radical (unpaired) electrons. The van der Waals surface area contributed by atoms with Crippen LogP contribution in [-0.4, -0.2) is 66.6 Å². The number of nitrogens with zero attached hydrogens (tertiary/aromatic N) is 3. The molecule has 0 unspecified atom stereocenters. The van der Waals surface area contributed by atoms with Gasteiger partial charge in [-0.15, -0.1) is 0 Å². The number of ether oxygens (including phenoxy) is 2. The van der Waals surface area contributed by atoms with Gasteiger partial charge in [-0.05, 0) is 60.9 Å². The normalized spacial score (nSPS) is 22.3. The van der Waals surface area contributed by atoms with E-state index in [0.717, 1.165) is 24.3 Å². The van der Waals surface area contributed by atoms with E-state index in [9.17, 15) is 14.4 Å². The first-order valence-electron chi connectivity index (χ1n) is 14.9. The lowest BCUT2D eigenvalue weighted by Crippen LogP contribution is -2.47. The molecule has 3 saturated heterocycles. The Bertz CT molecular complexity index is 1590. The lowest BCUT2D eigenvalue weighted by Gasteiger charge is -2.44.